The molecule has 1 unspecified atom stereocenters. The molecule has 1 aromatic rings. The Morgan fingerprint density at radius 2 is 2.07 bits per heavy atom. The molecule has 0 spiro atoms. The molecule has 1 heterocycles. The molecule has 0 aliphatic rings. The maximum atomic E-state index is 11.1. The van der Waals surface area contributed by atoms with Crippen molar-refractivity contribution in [3.8, 4) is 0 Å². The SMILES string of the molecule is COC(=O)C(Cc1ncccn1)C(=O)O. The van der Waals surface area contributed by atoms with Crippen molar-refractivity contribution < 1.29 is 19.4 Å². The molecule has 0 saturated heterocycles. The van der Waals surface area contributed by atoms with Crippen LogP contribution >= 0.6 is 0 Å². The molecular weight excluding hydrogens is 200 g/mol. The van der Waals surface area contributed by atoms with Crippen LogP contribution in [0, 0.1) is 5.92 Å². The Hall–Kier alpha value is -1.98. The highest BCUT2D eigenvalue weighted by Gasteiger charge is 2.28. The lowest BCUT2D eigenvalue weighted by Crippen LogP contribution is -2.27. The first-order chi connectivity index (χ1) is 7.15. The summed E-state index contributed by atoms with van der Waals surface area (Å²) >= 11 is 0. The van der Waals surface area contributed by atoms with Crippen molar-refractivity contribution in [2.75, 3.05) is 7.11 Å². The highest BCUT2D eigenvalue weighted by atomic mass is 16.5. The first-order valence-electron chi connectivity index (χ1n) is 4.21. The Morgan fingerprint density at radius 3 is 2.53 bits per heavy atom. The number of carboxylic acid groups (broad SMARTS) is 1. The van der Waals surface area contributed by atoms with Gasteiger partial charge in [0, 0.05) is 18.8 Å². The van der Waals surface area contributed by atoms with Crippen LogP contribution in [0.15, 0.2) is 18.5 Å². The zero-order chi connectivity index (χ0) is 11.3. The molecule has 80 valence electrons. The minimum Gasteiger partial charge on any atom is -0.481 e. The Morgan fingerprint density at radius 1 is 1.47 bits per heavy atom. The van der Waals surface area contributed by atoms with Crippen molar-refractivity contribution in [1.82, 2.24) is 9.97 Å². The van der Waals surface area contributed by atoms with Gasteiger partial charge in [0.05, 0.1) is 7.11 Å². The van der Waals surface area contributed by atoms with E-state index in [-0.39, 0.29) is 6.42 Å². The number of aliphatic carboxylic acids is 1. The Labute approximate surface area is 85.9 Å². The number of carboxylic acids is 1. The standard InChI is InChI=1S/C9H10N2O4/c1-15-9(14)6(8(12)13)5-7-10-3-2-4-11-7/h2-4,6H,5H2,1H3,(H,12,13). The summed E-state index contributed by atoms with van der Waals surface area (Å²) in [6.45, 7) is 0. The average molecular weight is 210 g/mol. The second-order valence-electron chi connectivity index (χ2n) is 2.78. The molecular formula is C9H10N2O4. The van der Waals surface area contributed by atoms with Crippen LogP contribution in [0.2, 0.25) is 0 Å². The first-order valence-corrected chi connectivity index (χ1v) is 4.21. The number of carbonyl (C=O) groups excluding carboxylic acids is 1. The summed E-state index contributed by atoms with van der Waals surface area (Å²) in [7, 11) is 1.14. The molecule has 0 aromatic carbocycles. The van der Waals surface area contributed by atoms with Gasteiger partial charge in [-0.2, -0.15) is 0 Å². The Kier molecular flexibility index (Phi) is 3.73. The lowest BCUT2D eigenvalue weighted by Gasteiger charge is -2.08. The number of hydrogen-bond donors (Lipinski definition) is 1. The van der Waals surface area contributed by atoms with Crippen LogP contribution in [0.4, 0.5) is 0 Å². The zero-order valence-corrected chi connectivity index (χ0v) is 8.08. The van der Waals surface area contributed by atoms with Crippen molar-refractivity contribution in [1.29, 1.82) is 0 Å². The van der Waals surface area contributed by atoms with E-state index in [0.29, 0.717) is 5.82 Å². The van der Waals surface area contributed by atoms with Gasteiger partial charge in [-0.3, -0.25) is 9.59 Å². The van der Waals surface area contributed by atoms with Crippen molar-refractivity contribution in [3.05, 3.63) is 24.3 Å². The van der Waals surface area contributed by atoms with Gasteiger partial charge in [0.25, 0.3) is 0 Å². The van der Waals surface area contributed by atoms with E-state index in [1.807, 2.05) is 0 Å². The maximum Gasteiger partial charge on any atom is 0.320 e. The fourth-order valence-electron chi connectivity index (χ4n) is 1.03. The van der Waals surface area contributed by atoms with Crippen LogP contribution in [0.25, 0.3) is 0 Å². The monoisotopic (exact) mass is 210 g/mol. The van der Waals surface area contributed by atoms with Crippen LogP contribution in [-0.4, -0.2) is 34.1 Å². The summed E-state index contributed by atoms with van der Waals surface area (Å²) < 4.78 is 4.37. The Balaban J connectivity index is 2.76. The maximum absolute atomic E-state index is 11.1. The van der Waals surface area contributed by atoms with Crippen LogP contribution in [0.1, 0.15) is 5.82 Å². The predicted molar refractivity (Wildman–Crippen MR) is 48.9 cm³/mol. The quantitative estimate of drug-likeness (QED) is 0.551. The fourth-order valence-corrected chi connectivity index (χ4v) is 1.03. The molecule has 0 aliphatic heterocycles. The molecule has 0 saturated carbocycles. The normalized spacial score (nSPS) is 11.8. The number of hydrogen-bond acceptors (Lipinski definition) is 5. The molecule has 1 N–H and O–H groups in total. The first kappa shape index (κ1) is 11.1. The molecule has 1 rings (SSSR count). The summed E-state index contributed by atoms with van der Waals surface area (Å²) in [5.74, 6) is -2.99. The molecule has 6 nitrogen and oxygen atoms in total. The van der Waals surface area contributed by atoms with Gasteiger partial charge in [-0.05, 0) is 6.07 Å². The third kappa shape index (κ3) is 3.01. The molecule has 0 bridgehead atoms. The van der Waals surface area contributed by atoms with E-state index in [1.54, 1.807) is 6.07 Å². The number of ether oxygens (including phenoxy) is 1. The van der Waals surface area contributed by atoms with Gasteiger partial charge in [0.2, 0.25) is 0 Å². The second kappa shape index (κ2) is 5.04. The summed E-state index contributed by atoms with van der Waals surface area (Å²) in [5, 5.41) is 8.78. The van der Waals surface area contributed by atoms with E-state index in [9.17, 15) is 9.59 Å². The van der Waals surface area contributed by atoms with E-state index in [2.05, 4.69) is 14.7 Å². The van der Waals surface area contributed by atoms with Gasteiger partial charge in [0.1, 0.15) is 5.82 Å². The van der Waals surface area contributed by atoms with Gasteiger partial charge in [0.15, 0.2) is 5.92 Å². The smallest absolute Gasteiger partial charge is 0.320 e. The van der Waals surface area contributed by atoms with Crippen LogP contribution in [-0.2, 0) is 20.7 Å². The van der Waals surface area contributed by atoms with E-state index in [0.717, 1.165) is 7.11 Å². The minimum atomic E-state index is -1.25. The summed E-state index contributed by atoms with van der Waals surface area (Å²) in [6, 6.07) is 1.61. The molecule has 1 aromatic heterocycles. The topological polar surface area (TPSA) is 89.4 Å². The largest absolute Gasteiger partial charge is 0.481 e. The number of rotatable bonds is 4. The van der Waals surface area contributed by atoms with E-state index in [4.69, 9.17) is 5.11 Å². The van der Waals surface area contributed by atoms with Gasteiger partial charge in [-0.15, -0.1) is 0 Å². The third-order valence-electron chi connectivity index (χ3n) is 1.79. The fraction of sp³-hybridized carbons (Fsp3) is 0.333. The third-order valence-corrected chi connectivity index (χ3v) is 1.79. The highest BCUT2D eigenvalue weighted by molar-refractivity contribution is 5.94. The zero-order valence-electron chi connectivity index (χ0n) is 8.08. The van der Waals surface area contributed by atoms with Crippen LogP contribution < -0.4 is 0 Å². The van der Waals surface area contributed by atoms with Gasteiger partial charge in [-0.25, -0.2) is 9.97 Å². The molecule has 0 amide bonds. The highest BCUT2D eigenvalue weighted by Crippen LogP contribution is 2.06. The van der Waals surface area contributed by atoms with Gasteiger partial charge >= 0.3 is 11.9 Å². The molecule has 0 fully saturated rings. The average Bonchev–Trinajstić information content (AvgIpc) is 2.26. The minimum absolute atomic E-state index is 0.0666. The molecule has 6 heteroatoms. The van der Waals surface area contributed by atoms with Gasteiger partial charge < -0.3 is 9.84 Å². The number of aromatic nitrogens is 2. The van der Waals surface area contributed by atoms with Crippen LogP contribution in [0.5, 0.6) is 0 Å². The van der Waals surface area contributed by atoms with Gasteiger partial charge in [-0.1, -0.05) is 0 Å². The van der Waals surface area contributed by atoms with Crippen molar-refractivity contribution in [3.63, 3.8) is 0 Å². The number of esters is 1. The molecule has 0 aliphatic carbocycles. The molecule has 1 atom stereocenters. The van der Waals surface area contributed by atoms with Crippen molar-refractivity contribution in [2.24, 2.45) is 5.92 Å². The molecule has 15 heavy (non-hydrogen) atoms. The second-order valence-corrected chi connectivity index (χ2v) is 2.78. The lowest BCUT2D eigenvalue weighted by atomic mass is 10.1. The van der Waals surface area contributed by atoms with Crippen LogP contribution in [0.3, 0.4) is 0 Å². The summed E-state index contributed by atoms with van der Waals surface area (Å²) in [5.41, 5.74) is 0. The predicted octanol–water partition coefficient (Wildman–Crippen LogP) is -0.107. The number of carbonyl (C=O) groups is 2. The Bertz CT molecular complexity index is 352. The lowest BCUT2D eigenvalue weighted by molar-refractivity contribution is -0.156. The molecule has 0 radical (unpaired) electrons. The summed E-state index contributed by atoms with van der Waals surface area (Å²) in [4.78, 5) is 29.5. The summed E-state index contributed by atoms with van der Waals surface area (Å²) in [6.07, 6.45) is 2.90. The number of nitrogens with zero attached hydrogens (tertiary/aromatic N) is 2. The van der Waals surface area contributed by atoms with E-state index < -0.39 is 17.9 Å². The van der Waals surface area contributed by atoms with Crippen molar-refractivity contribution in [2.45, 2.75) is 6.42 Å². The van der Waals surface area contributed by atoms with E-state index >= 15 is 0 Å². The van der Waals surface area contributed by atoms with E-state index in [1.165, 1.54) is 12.4 Å². The number of methoxy groups -OCH3 is 1. The van der Waals surface area contributed by atoms with Crippen molar-refractivity contribution >= 4 is 11.9 Å².